The van der Waals surface area contributed by atoms with Crippen LogP contribution in [0.5, 0.6) is 5.75 Å². The van der Waals surface area contributed by atoms with E-state index in [0.29, 0.717) is 31.7 Å². The number of carbonyl (C=O) groups excluding carboxylic acids is 2. The zero-order valence-electron chi connectivity index (χ0n) is 18.3. The van der Waals surface area contributed by atoms with Gasteiger partial charge in [-0.1, -0.05) is 13.8 Å². The van der Waals surface area contributed by atoms with Crippen LogP contribution in [0, 0.1) is 18.7 Å². The van der Waals surface area contributed by atoms with Crippen molar-refractivity contribution in [3.8, 4) is 5.75 Å². The third-order valence-electron chi connectivity index (χ3n) is 4.79. The van der Waals surface area contributed by atoms with Crippen molar-refractivity contribution in [1.29, 1.82) is 0 Å². The minimum absolute atomic E-state index is 0.0282. The minimum atomic E-state index is -0.637. The van der Waals surface area contributed by atoms with Crippen LogP contribution in [0.25, 0.3) is 0 Å². The number of rotatable bonds is 5. The maximum absolute atomic E-state index is 13.2. The van der Waals surface area contributed by atoms with Gasteiger partial charge >= 0.3 is 6.09 Å². The number of ether oxygens (including phenoxy) is 2. The maximum atomic E-state index is 13.2. The molecular weight excluding hydrogens is 375 g/mol. The normalized spacial score (nSPS) is 16.5. The van der Waals surface area contributed by atoms with Crippen molar-refractivity contribution in [2.75, 3.05) is 13.1 Å². The number of likely N-dealkylation sites (tertiary alicyclic amines) is 1. The number of nitrogens with one attached hydrogen (secondary N) is 1. The van der Waals surface area contributed by atoms with Crippen LogP contribution in [0.1, 0.15) is 53.0 Å². The van der Waals surface area contributed by atoms with E-state index in [-0.39, 0.29) is 23.7 Å². The van der Waals surface area contributed by atoms with Crippen LogP contribution in [-0.2, 0) is 9.53 Å². The zero-order valence-corrected chi connectivity index (χ0v) is 18.3. The second-order valence-corrected chi connectivity index (χ2v) is 8.92. The van der Waals surface area contributed by atoms with Gasteiger partial charge < -0.3 is 19.7 Å². The number of hydrogen-bond acceptors (Lipinski definition) is 4. The molecule has 1 aromatic carbocycles. The Balaban J connectivity index is 1.92. The molecule has 1 aliphatic rings. The molecule has 1 heterocycles. The number of halogens is 1. The fourth-order valence-electron chi connectivity index (χ4n) is 3.26. The standard InChI is InChI=1S/C22H33FN2O4/c1-14(2)19(24-21(27)29-22(4,5)6)20(26)25-11-9-17(10-12-25)28-18-8-7-16(23)13-15(18)3/h7-8,13-14,17,19H,9-12H2,1-6H3,(H,24,27)/t19-/m0/s1. The van der Waals surface area contributed by atoms with Crippen LogP contribution >= 0.6 is 0 Å². The highest BCUT2D eigenvalue weighted by atomic mass is 19.1. The van der Waals surface area contributed by atoms with Crippen molar-refractivity contribution >= 4 is 12.0 Å². The van der Waals surface area contributed by atoms with Crippen molar-refractivity contribution in [3.63, 3.8) is 0 Å². The van der Waals surface area contributed by atoms with Gasteiger partial charge in [-0.05, 0) is 57.4 Å². The van der Waals surface area contributed by atoms with E-state index in [9.17, 15) is 14.0 Å². The first-order valence-corrected chi connectivity index (χ1v) is 10.2. The van der Waals surface area contributed by atoms with E-state index in [1.165, 1.54) is 12.1 Å². The Bertz CT molecular complexity index is 722. The quantitative estimate of drug-likeness (QED) is 0.798. The molecule has 2 rings (SSSR count). The van der Waals surface area contributed by atoms with Gasteiger partial charge in [0.2, 0.25) is 5.91 Å². The Morgan fingerprint density at radius 3 is 2.34 bits per heavy atom. The van der Waals surface area contributed by atoms with Gasteiger partial charge in [0.25, 0.3) is 0 Å². The van der Waals surface area contributed by atoms with E-state index in [1.807, 2.05) is 20.8 Å². The summed E-state index contributed by atoms with van der Waals surface area (Å²) in [4.78, 5) is 26.9. The van der Waals surface area contributed by atoms with Crippen LogP contribution in [0.2, 0.25) is 0 Å². The molecular formula is C22H33FN2O4. The number of carbonyl (C=O) groups is 2. The first-order valence-electron chi connectivity index (χ1n) is 10.2. The molecule has 0 unspecified atom stereocenters. The number of alkyl carbamates (subject to hydrolysis) is 1. The summed E-state index contributed by atoms with van der Waals surface area (Å²) in [7, 11) is 0. The lowest BCUT2D eigenvalue weighted by atomic mass is 10.0. The van der Waals surface area contributed by atoms with E-state index < -0.39 is 17.7 Å². The van der Waals surface area contributed by atoms with E-state index in [2.05, 4.69) is 5.32 Å². The smallest absolute Gasteiger partial charge is 0.408 e. The van der Waals surface area contributed by atoms with E-state index >= 15 is 0 Å². The second-order valence-electron chi connectivity index (χ2n) is 8.92. The first kappa shape index (κ1) is 23.0. The van der Waals surface area contributed by atoms with E-state index in [4.69, 9.17) is 9.47 Å². The van der Waals surface area contributed by atoms with Crippen LogP contribution in [-0.4, -0.2) is 47.7 Å². The summed E-state index contributed by atoms with van der Waals surface area (Å²) < 4.78 is 24.5. The fraction of sp³-hybridized carbons (Fsp3) is 0.636. The number of nitrogens with zero attached hydrogens (tertiary/aromatic N) is 1. The third kappa shape index (κ3) is 6.91. The summed E-state index contributed by atoms with van der Waals surface area (Å²) in [5.74, 6) is 0.212. The van der Waals surface area contributed by atoms with E-state index in [1.54, 1.807) is 31.7 Å². The molecule has 0 radical (unpaired) electrons. The minimum Gasteiger partial charge on any atom is -0.490 e. The first-order chi connectivity index (χ1) is 13.5. The topological polar surface area (TPSA) is 67.9 Å². The third-order valence-corrected chi connectivity index (χ3v) is 4.79. The van der Waals surface area contributed by atoms with Crippen LogP contribution in [0.3, 0.4) is 0 Å². The molecule has 7 heteroatoms. The Morgan fingerprint density at radius 2 is 1.83 bits per heavy atom. The summed E-state index contributed by atoms with van der Waals surface area (Å²) in [6, 6.07) is 3.84. The van der Waals surface area contributed by atoms with Crippen LogP contribution < -0.4 is 10.1 Å². The summed E-state index contributed by atoms with van der Waals surface area (Å²) in [5, 5.41) is 2.71. The van der Waals surface area contributed by atoms with Gasteiger partial charge in [0, 0.05) is 25.9 Å². The highest BCUT2D eigenvalue weighted by Crippen LogP contribution is 2.24. The molecule has 1 aromatic rings. The molecule has 1 atom stereocenters. The van der Waals surface area contributed by atoms with Crippen molar-refractivity contribution in [2.45, 2.75) is 72.1 Å². The van der Waals surface area contributed by atoms with Crippen molar-refractivity contribution in [2.24, 2.45) is 5.92 Å². The Morgan fingerprint density at radius 1 is 1.21 bits per heavy atom. The average Bonchev–Trinajstić information content (AvgIpc) is 2.60. The summed E-state index contributed by atoms with van der Waals surface area (Å²) in [6.07, 6.45) is 0.744. The fourth-order valence-corrected chi connectivity index (χ4v) is 3.26. The lowest BCUT2D eigenvalue weighted by Crippen LogP contribution is -2.54. The van der Waals surface area contributed by atoms with Gasteiger partial charge in [-0.2, -0.15) is 0 Å². The second kappa shape index (κ2) is 9.46. The molecule has 29 heavy (non-hydrogen) atoms. The number of hydrogen-bond donors (Lipinski definition) is 1. The highest BCUT2D eigenvalue weighted by molar-refractivity contribution is 5.86. The van der Waals surface area contributed by atoms with Gasteiger partial charge in [-0.25, -0.2) is 9.18 Å². The SMILES string of the molecule is Cc1cc(F)ccc1OC1CCN(C(=O)[C@@H](NC(=O)OC(C)(C)C)C(C)C)CC1. The largest absolute Gasteiger partial charge is 0.490 e. The Labute approximate surface area is 172 Å². The van der Waals surface area contributed by atoms with Gasteiger partial charge in [0.1, 0.15) is 29.3 Å². The molecule has 1 aliphatic heterocycles. The molecule has 0 bridgehead atoms. The number of piperidine rings is 1. The van der Waals surface area contributed by atoms with E-state index in [0.717, 1.165) is 5.56 Å². The maximum Gasteiger partial charge on any atom is 0.408 e. The number of benzene rings is 1. The van der Waals surface area contributed by atoms with Gasteiger partial charge in [0.05, 0.1) is 0 Å². The summed E-state index contributed by atoms with van der Waals surface area (Å²) in [6.45, 7) is 12.0. The molecule has 1 fully saturated rings. The monoisotopic (exact) mass is 408 g/mol. The van der Waals surface area contributed by atoms with Crippen molar-refractivity contribution < 1.29 is 23.5 Å². The predicted octanol–water partition coefficient (Wildman–Crippen LogP) is 4.05. The highest BCUT2D eigenvalue weighted by Gasteiger charge is 2.33. The van der Waals surface area contributed by atoms with Crippen molar-refractivity contribution in [3.05, 3.63) is 29.6 Å². The number of amides is 2. The molecule has 1 saturated heterocycles. The van der Waals surface area contributed by atoms with Crippen LogP contribution in [0.4, 0.5) is 9.18 Å². The zero-order chi connectivity index (χ0) is 21.8. The number of aryl methyl sites for hydroxylation is 1. The lowest BCUT2D eigenvalue weighted by molar-refractivity contribution is -0.136. The van der Waals surface area contributed by atoms with Crippen molar-refractivity contribution in [1.82, 2.24) is 10.2 Å². The molecule has 0 saturated carbocycles. The molecule has 1 N–H and O–H groups in total. The summed E-state index contributed by atoms with van der Waals surface area (Å²) in [5.41, 5.74) is 0.132. The summed E-state index contributed by atoms with van der Waals surface area (Å²) >= 11 is 0. The Kier molecular flexibility index (Phi) is 7.49. The van der Waals surface area contributed by atoms with Gasteiger partial charge in [-0.3, -0.25) is 4.79 Å². The average molecular weight is 409 g/mol. The molecule has 0 aromatic heterocycles. The molecule has 162 valence electrons. The molecule has 2 amide bonds. The predicted molar refractivity (Wildman–Crippen MR) is 109 cm³/mol. The van der Waals surface area contributed by atoms with Crippen LogP contribution in [0.15, 0.2) is 18.2 Å². The molecule has 0 spiro atoms. The lowest BCUT2D eigenvalue weighted by Gasteiger charge is -2.35. The molecule has 6 nitrogen and oxygen atoms in total. The van der Waals surface area contributed by atoms with Gasteiger partial charge in [-0.15, -0.1) is 0 Å². The van der Waals surface area contributed by atoms with Gasteiger partial charge in [0.15, 0.2) is 0 Å². The Hall–Kier alpha value is -2.31. The molecule has 0 aliphatic carbocycles.